The van der Waals surface area contributed by atoms with Crippen molar-refractivity contribution in [3.05, 3.63) is 28.8 Å². The van der Waals surface area contributed by atoms with E-state index in [2.05, 4.69) is 24.3 Å². The molecule has 0 unspecified atom stereocenters. The fourth-order valence-electron chi connectivity index (χ4n) is 4.38. The molecule has 1 aromatic carbocycles. The van der Waals surface area contributed by atoms with Crippen LogP contribution in [0.25, 0.3) is 0 Å². The van der Waals surface area contributed by atoms with Gasteiger partial charge in [-0.2, -0.15) is 5.10 Å². The number of sulfone groups is 1. The van der Waals surface area contributed by atoms with Gasteiger partial charge in [-0.25, -0.2) is 8.42 Å². The van der Waals surface area contributed by atoms with E-state index in [1.54, 1.807) is 12.1 Å². The van der Waals surface area contributed by atoms with Crippen LogP contribution in [0.15, 0.2) is 28.2 Å². The molecular weight excluding hydrogens is 422 g/mol. The highest BCUT2D eigenvalue weighted by atomic mass is 35.5. The monoisotopic (exact) mass is 453 g/mol. The van der Waals surface area contributed by atoms with Crippen LogP contribution in [0.3, 0.4) is 0 Å². The highest BCUT2D eigenvalue weighted by molar-refractivity contribution is 7.90. The summed E-state index contributed by atoms with van der Waals surface area (Å²) < 4.78 is 23.8. The second-order valence-electron chi connectivity index (χ2n) is 8.99. The molecular formula is C22H32ClN3O3S. The van der Waals surface area contributed by atoms with Gasteiger partial charge in [-0.1, -0.05) is 57.2 Å². The van der Waals surface area contributed by atoms with E-state index in [1.807, 2.05) is 5.01 Å². The summed E-state index contributed by atoms with van der Waals surface area (Å²) in [5.41, 5.74) is 0.759. The lowest BCUT2D eigenvalue weighted by Crippen LogP contribution is -2.34. The molecule has 1 heterocycles. The lowest BCUT2D eigenvalue weighted by molar-refractivity contribution is -0.121. The van der Waals surface area contributed by atoms with Crippen molar-refractivity contribution in [3.63, 3.8) is 0 Å². The van der Waals surface area contributed by atoms with Gasteiger partial charge in [0.25, 0.3) is 0 Å². The maximum absolute atomic E-state index is 13.2. The Morgan fingerprint density at radius 2 is 2.00 bits per heavy atom. The molecule has 0 aromatic heterocycles. The van der Waals surface area contributed by atoms with Crippen molar-refractivity contribution in [1.29, 1.82) is 0 Å². The number of nitrogens with one attached hydrogen (secondary N) is 1. The quantitative estimate of drug-likeness (QED) is 0.671. The molecule has 1 aromatic rings. The number of hydrazone groups is 1. The highest BCUT2D eigenvalue weighted by Gasteiger charge is 2.29. The summed E-state index contributed by atoms with van der Waals surface area (Å²) in [6, 6.07) is 4.88. The van der Waals surface area contributed by atoms with Gasteiger partial charge in [0.1, 0.15) is 5.84 Å². The smallest absolute Gasteiger partial charge is 0.232 e. The molecule has 3 rings (SSSR count). The molecule has 1 atom stereocenters. The van der Waals surface area contributed by atoms with E-state index in [0.717, 1.165) is 50.6 Å². The summed E-state index contributed by atoms with van der Waals surface area (Å²) in [5.74, 6) is 1.25. The van der Waals surface area contributed by atoms with E-state index in [9.17, 15) is 13.2 Å². The number of halogens is 1. The number of amides is 1. The van der Waals surface area contributed by atoms with Crippen LogP contribution in [-0.4, -0.2) is 44.5 Å². The SMILES string of the molecule is CC(C)CN1CCC(NC(=O)[C@H](CC2CCCC2)c2ccc(S(C)(=O)=O)c(Cl)c2)=N1. The lowest BCUT2D eigenvalue weighted by atomic mass is 9.87. The fourth-order valence-corrected chi connectivity index (χ4v) is 5.72. The van der Waals surface area contributed by atoms with Crippen molar-refractivity contribution in [3.8, 4) is 0 Å². The number of nitrogens with zero attached hydrogens (tertiary/aromatic N) is 2. The normalized spacial score (nSPS) is 18.7. The zero-order valence-electron chi connectivity index (χ0n) is 18.0. The van der Waals surface area contributed by atoms with Gasteiger partial charge < -0.3 is 5.32 Å². The van der Waals surface area contributed by atoms with Crippen LogP contribution in [0.2, 0.25) is 5.02 Å². The maximum Gasteiger partial charge on any atom is 0.232 e. The number of benzene rings is 1. The van der Waals surface area contributed by atoms with Crippen molar-refractivity contribution in [2.75, 3.05) is 19.3 Å². The molecule has 6 nitrogen and oxygen atoms in total. The molecule has 0 saturated heterocycles. The molecule has 0 spiro atoms. The Bertz CT molecular complexity index is 908. The summed E-state index contributed by atoms with van der Waals surface area (Å²) >= 11 is 6.28. The van der Waals surface area contributed by atoms with Gasteiger partial charge in [0.05, 0.1) is 15.8 Å². The van der Waals surface area contributed by atoms with E-state index in [4.69, 9.17) is 11.6 Å². The molecule has 0 radical (unpaired) electrons. The standard InChI is InChI=1S/C22H32ClN3O3S/c1-15(2)14-26-11-10-21(25-26)24-22(27)18(12-16-6-4-5-7-16)17-8-9-20(19(23)13-17)30(3,28)29/h8-9,13,15-16,18H,4-7,10-12,14H2,1-3H3,(H,24,25,27)/t18-/m1/s1. The summed E-state index contributed by atoms with van der Waals surface area (Å²) in [6.07, 6.45) is 7.25. The summed E-state index contributed by atoms with van der Waals surface area (Å²) in [7, 11) is -3.41. The Morgan fingerprint density at radius 3 is 2.60 bits per heavy atom. The maximum atomic E-state index is 13.2. The molecule has 1 aliphatic heterocycles. The lowest BCUT2D eigenvalue weighted by Gasteiger charge is -2.21. The van der Waals surface area contributed by atoms with Crippen LogP contribution in [-0.2, 0) is 14.6 Å². The second kappa shape index (κ2) is 9.69. The first-order valence-electron chi connectivity index (χ1n) is 10.8. The zero-order chi connectivity index (χ0) is 21.9. The number of amidine groups is 1. The first-order chi connectivity index (χ1) is 14.1. The largest absolute Gasteiger partial charge is 0.312 e. The summed E-state index contributed by atoms with van der Waals surface area (Å²) in [5, 5.41) is 9.75. The Hall–Kier alpha value is -1.60. The van der Waals surface area contributed by atoms with Gasteiger partial charge >= 0.3 is 0 Å². The molecule has 2 aliphatic rings. The molecule has 1 N–H and O–H groups in total. The van der Waals surface area contributed by atoms with Crippen LogP contribution in [0.5, 0.6) is 0 Å². The van der Waals surface area contributed by atoms with E-state index in [-0.39, 0.29) is 21.7 Å². The van der Waals surface area contributed by atoms with Crippen LogP contribution >= 0.6 is 11.6 Å². The third kappa shape index (κ3) is 5.97. The predicted molar refractivity (Wildman–Crippen MR) is 120 cm³/mol. The zero-order valence-corrected chi connectivity index (χ0v) is 19.6. The second-order valence-corrected chi connectivity index (χ2v) is 11.4. The molecule has 1 saturated carbocycles. The predicted octanol–water partition coefficient (Wildman–Crippen LogP) is 4.20. The number of hydrogen-bond donors (Lipinski definition) is 1. The average molecular weight is 454 g/mol. The van der Waals surface area contributed by atoms with Crippen LogP contribution in [0.4, 0.5) is 0 Å². The van der Waals surface area contributed by atoms with Gasteiger partial charge in [-0.3, -0.25) is 9.80 Å². The van der Waals surface area contributed by atoms with E-state index in [1.165, 1.54) is 18.9 Å². The number of carbonyl (C=O) groups excluding carboxylic acids is 1. The highest BCUT2D eigenvalue weighted by Crippen LogP contribution is 2.36. The fraction of sp³-hybridized carbons (Fsp3) is 0.636. The molecule has 30 heavy (non-hydrogen) atoms. The Morgan fingerprint density at radius 1 is 1.30 bits per heavy atom. The molecule has 1 aliphatic carbocycles. The van der Waals surface area contributed by atoms with Gasteiger partial charge in [0.15, 0.2) is 9.84 Å². The minimum Gasteiger partial charge on any atom is -0.312 e. The molecule has 166 valence electrons. The van der Waals surface area contributed by atoms with Gasteiger partial charge in [-0.05, 0) is 36.0 Å². The third-order valence-corrected chi connectivity index (χ3v) is 7.41. The minimum absolute atomic E-state index is 0.0878. The Kier molecular flexibility index (Phi) is 7.45. The van der Waals surface area contributed by atoms with Crippen LogP contribution in [0.1, 0.15) is 63.9 Å². The number of rotatable bonds is 7. The Balaban J connectivity index is 1.80. The Labute approximate surface area is 185 Å². The molecule has 0 bridgehead atoms. The van der Waals surface area contributed by atoms with Crippen molar-refractivity contribution >= 4 is 33.2 Å². The summed E-state index contributed by atoms with van der Waals surface area (Å²) in [6.45, 7) is 5.98. The summed E-state index contributed by atoms with van der Waals surface area (Å²) in [4.78, 5) is 13.3. The first-order valence-corrected chi connectivity index (χ1v) is 13.0. The van der Waals surface area contributed by atoms with Crippen molar-refractivity contribution in [1.82, 2.24) is 10.3 Å². The number of hydrogen-bond acceptors (Lipinski definition) is 5. The van der Waals surface area contributed by atoms with Crippen LogP contribution in [0, 0.1) is 11.8 Å². The van der Waals surface area contributed by atoms with Gasteiger partial charge in [-0.15, -0.1) is 0 Å². The molecule has 8 heteroatoms. The van der Waals surface area contributed by atoms with E-state index in [0.29, 0.717) is 17.7 Å². The van der Waals surface area contributed by atoms with Crippen molar-refractivity contribution in [2.24, 2.45) is 16.9 Å². The van der Waals surface area contributed by atoms with E-state index < -0.39 is 9.84 Å². The molecule has 1 amide bonds. The van der Waals surface area contributed by atoms with E-state index >= 15 is 0 Å². The minimum atomic E-state index is -3.41. The van der Waals surface area contributed by atoms with Crippen molar-refractivity contribution < 1.29 is 13.2 Å². The first kappa shape index (κ1) is 23.1. The molecule has 1 fully saturated rings. The van der Waals surface area contributed by atoms with Gasteiger partial charge in [0.2, 0.25) is 5.91 Å². The van der Waals surface area contributed by atoms with Gasteiger partial charge in [0, 0.05) is 25.8 Å². The van der Waals surface area contributed by atoms with Crippen molar-refractivity contribution in [2.45, 2.75) is 63.2 Å². The van der Waals surface area contributed by atoms with Crippen LogP contribution < -0.4 is 5.32 Å². The third-order valence-electron chi connectivity index (χ3n) is 5.83. The average Bonchev–Trinajstić information content (AvgIpc) is 3.30. The topological polar surface area (TPSA) is 78.8 Å². The number of carbonyl (C=O) groups is 1.